The minimum atomic E-state index is 0.710. The van der Waals surface area contributed by atoms with Crippen LogP contribution in [0.25, 0.3) is 11.3 Å². The van der Waals surface area contributed by atoms with Crippen molar-refractivity contribution < 1.29 is 9.15 Å². The Morgan fingerprint density at radius 1 is 1.26 bits per heavy atom. The summed E-state index contributed by atoms with van der Waals surface area (Å²) in [6.07, 6.45) is 2.50. The molecular formula is C14H17ClN2O2. The number of ether oxygens (including phenoxy) is 1. The number of oxazole rings is 1. The summed E-state index contributed by atoms with van der Waals surface area (Å²) in [4.78, 5) is 4.26. The maximum absolute atomic E-state index is 5.85. The first-order valence-electron chi connectivity index (χ1n) is 6.20. The molecule has 2 aromatic rings. The molecule has 0 unspecified atom stereocenters. The molecule has 0 saturated heterocycles. The summed E-state index contributed by atoms with van der Waals surface area (Å²) in [5.41, 5.74) is 0.982. The Morgan fingerprint density at radius 2 is 2.05 bits per heavy atom. The van der Waals surface area contributed by atoms with Crippen molar-refractivity contribution in [2.24, 2.45) is 0 Å². The van der Waals surface area contributed by atoms with Gasteiger partial charge in [-0.2, -0.15) is 0 Å². The lowest BCUT2D eigenvalue weighted by Gasteiger charge is -2.01. The summed E-state index contributed by atoms with van der Waals surface area (Å²) in [6.45, 7) is 2.37. The first-order chi connectivity index (χ1) is 9.29. The number of nitrogens with zero attached hydrogens (tertiary/aromatic N) is 1. The van der Waals surface area contributed by atoms with Crippen LogP contribution < -0.4 is 5.32 Å². The van der Waals surface area contributed by atoms with Gasteiger partial charge in [-0.1, -0.05) is 11.6 Å². The van der Waals surface area contributed by atoms with Crippen molar-refractivity contribution in [1.82, 2.24) is 10.3 Å². The number of benzene rings is 1. The van der Waals surface area contributed by atoms with Crippen molar-refractivity contribution in [1.29, 1.82) is 0 Å². The van der Waals surface area contributed by atoms with Crippen LogP contribution in [-0.4, -0.2) is 31.8 Å². The quantitative estimate of drug-likeness (QED) is 0.792. The van der Waals surface area contributed by atoms with E-state index in [0.717, 1.165) is 36.7 Å². The molecule has 0 radical (unpaired) electrons. The summed E-state index contributed by atoms with van der Waals surface area (Å²) in [6, 6.07) is 7.52. The van der Waals surface area contributed by atoms with Crippen molar-refractivity contribution in [2.45, 2.75) is 6.42 Å². The van der Waals surface area contributed by atoms with Crippen molar-refractivity contribution >= 4 is 11.6 Å². The maximum Gasteiger partial charge on any atom is 0.196 e. The second-order valence-electron chi connectivity index (χ2n) is 4.12. The Bertz CT molecular complexity index is 496. The van der Waals surface area contributed by atoms with E-state index in [2.05, 4.69) is 10.3 Å². The topological polar surface area (TPSA) is 47.3 Å². The molecule has 0 aliphatic heterocycles. The molecule has 1 aromatic heterocycles. The lowest BCUT2D eigenvalue weighted by atomic mass is 10.2. The predicted molar refractivity (Wildman–Crippen MR) is 75.4 cm³/mol. The fourth-order valence-electron chi connectivity index (χ4n) is 1.67. The van der Waals surface area contributed by atoms with Gasteiger partial charge in [0.25, 0.3) is 0 Å². The highest BCUT2D eigenvalue weighted by Gasteiger charge is 2.05. The van der Waals surface area contributed by atoms with Crippen LogP contribution in [0.1, 0.15) is 5.89 Å². The molecular weight excluding hydrogens is 264 g/mol. The third-order valence-corrected chi connectivity index (χ3v) is 2.93. The first kappa shape index (κ1) is 14.1. The Balaban J connectivity index is 1.86. The highest BCUT2D eigenvalue weighted by atomic mass is 35.5. The van der Waals surface area contributed by atoms with Gasteiger partial charge in [0.1, 0.15) is 0 Å². The zero-order chi connectivity index (χ0) is 13.5. The lowest BCUT2D eigenvalue weighted by Crippen LogP contribution is -2.21. The van der Waals surface area contributed by atoms with Gasteiger partial charge >= 0.3 is 0 Å². The minimum absolute atomic E-state index is 0.710. The molecule has 1 N–H and O–H groups in total. The van der Waals surface area contributed by atoms with E-state index in [1.807, 2.05) is 24.3 Å². The zero-order valence-electron chi connectivity index (χ0n) is 10.9. The fraction of sp³-hybridized carbons (Fsp3) is 0.357. The monoisotopic (exact) mass is 280 g/mol. The number of nitrogens with one attached hydrogen (secondary N) is 1. The van der Waals surface area contributed by atoms with Gasteiger partial charge in [-0.15, -0.1) is 0 Å². The van der Waals surface area contributed by atoms with E-state index in [0.29, 0.717) is 11.6 Å². The summed E-state index contributed by atoms with van der Waals surface area (Å²) in [5, 5.41) is 3.96. The normalized spacial score (nSPS) is 10.8. The second kappa shape index (κ2) is 7.28. The second-order valence-corrected chi connectivity index (χ2v) is 4.55. The van der Waals surface area contributed by atoms with Crippen molar-refractivity contribution in [2.75, 3.05) is 26.8 Å². The Kier molecular flexibility index (Phi) is 5.39. The summed E-state index contributed by atoms with van der Waals surface area (Å²) < 4.78 is 10.6. The number of methoxy groups -OCH3 is 1. The third kappa shape index (κ3) is 4.35. The molecule has 1 aromatic carbocycles. The van der Waals surface area contributed by atoms with Crippen LogP contribution in [0.4, 0.5) is 0 Å². The van der Waals surface area contributed by atoms with E-state index < -0.39 is 0 Å². The van der Waals surface area contributed by atoms with E-state index in [-0.39, 0.29) is 0 Å². The third-order valence-electron chi connectivity index (χ3n) is 2.68. The Morgan fingerprint density at radius 3 is 2.79 bits per heavy atom. The largest absolute Gasteiger partial charge is 0.441 e. The SMILES string of the molecule is COCCNCCc1ncc(-c2ccc(Cl)cc2)o1. The predicted octanol–water partition coefficient (Wildman–Crippen LogP) is 2.77. The zero-order valence-corrected chi connectivity index (χ0v) is 11.6. The molecule has 19 heavy (non-hydrogen) atoms. The smallest absolute Gasteiger partial charge is 0.196 e. The van der Waals surface area contributed by atoms with Crippen molar-refractivity contribution in [3.63, 3.8) is 0 Å². The van der Waals surface area contributed by atoms with Crippen LogP contribution in [0.15, 0.2) is 34.9 Å². The molecule has 0 fully saturated rings. The van der Waals surface area contributed by atoms with E-state index in [1.165, 1.54) is 0 Å². The number of halogens is 1. The molecule has 0 saturated carbocycles. The van der Waals surface area contributed by atoms with Gasteiger partial charge < -0.3 is 14.5 Å². The molecule has 0 atom stereocenters. The summed E-state index contributed by atoms with van der Waals surface area (Å²) in [5.74, 6) is 1.50. The van der Waals surface area contributed by atoms with Crippen LogP contribution >= 0.6 is 11.6 Å². The van der Waals surface area contributed by atoms with Crippen LogP contribution in [0.2, 0.25) is 5.02 Å². The number of aromatic nitrogens is 1. The summed E-state index contributed by atoms with van der Waals surface area (Å²) in [7, 11) is 1.69. The van der Waals surface area contributed by atoms with Gasteiger partial charge in [0.15, 0.2) is 11.7 Å². The van der Waals surface area contributed by atoms with Crippen molar-refractivity contribution in [3.05, 3.63) is 41.4 Å². The van der Waals surface area contributed by atoms with Crippen molar-refractivity contribution in [3.8, 4) is 11.3 Å². The van der Waals surface area contributed by atoms with E-state index in [4.69, 9.17) is 20.8 Å². The summed E-state index contributed by atoms with van der Waals surface area (Å²) >= 11 is 5.85. The Hall–Kier alpha value is -1.36. The van der Waals surface area contributed by atoms with E-state index in [1.54, 1.807) is 13.3 Å². The van der Waals surface area contributed by atoms with Gasteiger partial charge in [0.2, 0.25) is 0 Å². The molecule has 1 heterocycles. The number of rotatable bonds is 7. The van der Waals surface area contributed by atoms with E-state index in [9.17, 15) is 0 Å². The molecule has 4 nitrogen and oxygen atoms in total. The molecule has 0 aliphatic rings. The fourth-order valence-corrected chi connectivity index (χ4v) is 1.79. The minimum Gasteiger partial charge on any atom is -0.441 e. The number of hydrogen-bond donors (Lipinski definition) is 1. The lowest BCUT2D eigenvalue weighted by molar-refractivity contribution is 0.199. The molecule has 0 bridgehead atoms. The maximum atomic E-state index is 5.85. The average molecular weight is 281 g/mol. The van der Waals surface area contributed by atoms with Gasteiger partial charge in [-0.25, -0.2) is 4.98 Å². The average Bonchev–Trinajstić information content (AvgIpc) is 2.88. The van der Waals surface area contributed by atoms with Gasteiger partial charge in [-0.05, 0) is 24.3 Å². The number of hydrogen-bond acceptors (Lipinski definition) is 4. The highest BCUT2D eigenvalue weighted by Crippen LogP contribution is 2.22. The molecule has 0 spiro atoms. The van der Waals surface area contributed by atoms with Crippen LogP contribution in [-0.2, 0) is 11.2 Å². The molecule has 5 heteroatoms. The Labute approximate surface area is 117 Å². The van der Waals surface area contributed by atoms with Gasteiger partial charge in [0, 0.05) is 37.2 Å². The van der Waals surface area contributed by atoms with E-state index >= 15 is 0 Å². The van der Waals surface area contributed by atoms with Crippen LogP contribution in [0.3, 0.4) is 0 Å². The standard InChI is InChI=1S/C14H17ClN2O2/c1-18-9-8-16-7-6-14-17-10-13(19-14)11-2-4-12(15)5-3-11/h2-5,10,16H,6-9H2,1H3. The molecule has 2 rings (SSSR count). The van der Waals surface area contributed by atoms with Gasteiger partial charge in [0.05, 0.1) is 12.8 Å². The van der Waals surface area contributed by atoms with Crippen LogP contribution in [0, 0.1) is 0 Å². The molecule has 0 aliphatic carbocycles. The van der Waals surface area contributed by atoms with Gasteiger partial charge in [-0.3, -0.25) is 0 Å². The molecule has 0 amide bonds. The first-order valence-corrected chi connectivity index (χ1v) is 6.57. The van der Waals surface area contributed by atoms with Crippen LogP contribution in [0.5, 0.6) is 0 Å². The highest BCUT2D eigenvalue weighted by molar-refractivity contribution is 6.30. The molecule has 102 valence electrons.